The molecule has 0 bridgehead atoms. The van der Waals surface area contributed by atoms with E-state index in [-0.39, 0.29) is 10.6 Å². The van der Waals surface area contributed by atoms with Crippen LogP contribution in [0, 0.1) is 6.92 Å². The number of carbonyl (C=O) groups is 1. The second-order valence-corrected chi connectivity index (χ2v) is 7.92. The number of rotatable bonds is 5. The molecular weight excluding hydrogens is 497 g/mol. The van der Waals surface area contributed by atoms with Crippen LogP contribution in [0.2, 0.25) is 5.02 Å². The molecule has 1 amide bonds. The molecule has 0 unspecified atom stereocenters. The highest BCUT2D eigenvalue weighted by atomic mass is 35.5. The number of carbonyl (C=O) groups excluding carboxylic acids is 1. The smallest absolute Gasteiger partial charge is 0.460 e. The minimum Gasteiger partial charge on any atom is -0.497 e. The lowest BCUT2D eigenvalue weighted by molar-refractivity contribution is -0.400. The largest absolute Gasteiger partial charge is 0.497 e. The van der Waals surface area contributed by atoms with Gasteiger partial charge in [-0.15, -0.1) is 0 Å². The van der Waals surface area contributed by atoms with E-state index in [0.717, 1.165) is 6.07 Å². The third-order valence-corrected chi connectivity index (χ3v) is 5.52. The van der Waals surface area contributed by atoms with E-state index in [2.05, 4.69) is 5.10 Å². The summed E-state index contributed by atoms with van der Waals surface area (Å²) in [6.07, 6.45) is -8.28. The average molecular weight is 513 g/mol. The average Bonchev–Trinajstić information content (AvgIpc) is 3.11. The second-order valence-electron chi connectivity index (χ2n) is 7.52. The summed E-state index contributed by atoms with van der Waals surface area (Å²) in [5, 5.41) is 13.4. The van der Waals surface area contributed by atoms with Crippen LogP contribution in [0.4, 0.5) is 30.7 Å². The van der Waals surface area contributed by atoms with Gasteiger partial charge in [0, 0.05) is 6.42 Å². The van der Waals surface area contributed by atoms with Crippen molar-refractivity contribution in [2.24, 2.45) is 5.10 Å². The first-order valence-corrected chi connectivity index (χ1v) is 9.82. The van der Waals surface area contributed by atoms with Gasteiger partial charge >= 0.3 is 18.0 Å². The Morgan fingerprint density at radius 3 is 2.18 bits per heavy atom. The van der Waals surface area contributed by atoms with Gasteiger partial charge in [0.2, 0.25) is 5.72 Å². The van der Waals surface area contributed by atoms with E-state index in [4.69, 9.17) is 16.3 Å². The minimum atomic E-state index is -6.74. The Kier molecular flexibility index (Phi) is 6.38. The molecule has 1 heterocycles. The van der Waals surface area contributed by atoms with Gasteiger partial charge in [0.15, 0.2) is 0 Å². The molecular formula is C21H16ClF7N2O3. The molecule has 2 aromatic carbocycles. The Hall–Kier alpha value is -2.86. The van der Waals surface area contributed by atoms with Gasteiger partial charge in [-0.2, -0.15) is 40.8 Å². The van der Waals surface area contributed by atoms with E-state index in [1.807, 2.05) is 0 Å². The van der Waals surface area contributed by atoms with Gasteiger partial charge in [-0.05, 0) is 54.4 Å². The first-order valence-electron chi connectivity index (χ1n) is 9.44. The van der Waals surface area contributed by atoms with Gasteiger partial charge in [0.1, 0.15) is 5.75 Å². The molecule has 0 saturated carbocycles. The molecule has 0 spiro atoms. The highest BCUT2D eigenvalue weighted by Gasteiger charge is 2.82. The fourth-order valence-corrected chi connectivity index (χ4v) is 3.60. The monoisotopic (exact) mass is 512 g/mol. The van der Waals surface area contributed by atoms with Crippen LogP contribution in [0.15, 0.2) is 47.6 Å². The Morgan fingerprint density at radius 1 is 1.09 bits per heavy atom. The van der Waals surface area contributed by atoms with Crippen LogP contribution in [0.5, 0.6) is 5.75 Å². The number of amides is 1. The summed E-state index contributed by atoms with van der Waals surface area (Å²) < 4.78 is 101. The fraction of sp³-hybridized carbons (Fsp3) is 0.333. The van der Waals surface area contributed by atoms with Gasteiger partial charge in [0.05, 0.1) is 23.4 Å². The zero-order valence-electron chi connectivity index (χ0n) is 17.4. The first kappa shape index (κ1) is 25.8. The van der Waals surface area contributed by atoms with E-state index in [1.54, 1.807) is 6.92 Å². The quantitative estimate of drug-likeness (QED) is 0.544. The number of hydrazone groups is 1. The zero-order chi connectivity index (χ0) is 25.7. The molecule has 0 aromatic heterocycles. The minimum absolute atomic E-state index is 0.0318. The summed E-state index contributed by atoms with van der Waals surface area (Å²) >= 11 is 5.95. The number of aliphatic hydroxyl groups is 1. The Balaban J connectivity index is 2.17. The lowest BCUT2D eigenvalue weighted by Gasteiger charge is -2.41. The van der Waals surface area contributed by atoms with Crippen molar-refractivity contribution in [2.75, 3.05) is 7.11 Å². The van der Waals surface area contributed by atoms with E-state index < -0.39 is 52.4 Å². The van der Waals surface area contributed by atoms with Gasteiger partial charge in [-0.1, -0.05) is 17.7 Å². The molecule has 1 aliphatic rings. The Morgan fingerprint density at radius 2 is 1.68 bits per heavy atom. The summed E-state index contributed by atoms with van der Waals surface area (Å²) in [6.45, 7) is 1.57. The topological polar surface area (TPSA) is 62.1 Å². The number of benzene rings is 2. The number of halogens is 8. The standard InChI is InChI=1S/C21H16ClF7N2O3/c1-11-3-8-14(15(22)9-11)17(32)31-18(33,19(23,24)20(25,26)21(27,28)29)10-16(30-31)12-4-6-13(34-2)7-5-12/h3-9,33H,10H2,1-2H3/t18-/m1/s1. The Bertz CT molecular complexity index is 1140. The van der Waals surface area contributed by atoms with Crippen molar-refractivity contribution in [2.45, 2.75) is 37.1 Å². The van der Waals surface area contributed by atoms with Crippen LogP contribution in [0.3, 0.4) is 0 Å². The molecule has 0 radical (unpaired) electrons. The van der Waals surface area contributed by atoms with Crippen LogP contribution in [0.1, 0.15) is 27.9 Å². The van der Waals surface area contributed by atoms with E-state index >= 15 is 0 Å². The summed E-state index contributed by atoms with van der Waals surface area (Å²) in [5.41, 5.74) is -4.96. The maximum Gasteiger partial charge on any atom is 0.460 e. The lowest BCUT2D eigenvalue weighted by Crippen LogP contribution is -2.69. The van der Waals surface area contributed by atoms with E-state index in [9.17, 15) is 40.6 Å². The summed E-state index contributed by atoms with van der Waals surface area (Å²) in [5.74, 6) is -14.2. The Labute approximate surface area is 193 Å². The van der Waals surface area contributed by atoms with Crippen molar-refractivity contribution >= 4 is 23.2 Å². The number of alkyl halides is 7. The van der Waals surface area contributed by atoms with Gasteiger partial charge in [-0.3, -0.25) is 4.79 Å². The van der Waals surface area contributed by atoms with Crippen molar-refractivity contribution in [3.05, 3.63) is 64.2 Å². The zero-order valence-corrected chi connectivity index (χ0v) is 18.2. The molecule has 0 fully saturated rings. The number of methoxy groups -OCH3 is 1. The van der Waals surface area contributed by atoms with Gasteiger partial charge < -0.3 is 9.84 Å². The SMILES string of the molecule is COc1ccc(C2=NN(C(=O)c3ccc(C)cc3Cl)[C@](O)(C(F)(F)C(F)(F)C(F)(F)F)C2)cc1. The molecule has 1 N–H and O–H groups in total. The molecule has 13 heteroatoms. The maximum atomic E-state index is 14.8. The van der Waals surface area contributed by atoms with Crippen LogP contribution < -0.4 is 4.74 Å². The molecule has 1 atom stereocenters. The number of nitrogens with zero attached hydrogens (tertiary/aromatic N) is 2. The van der Waals surface area contributed by atoms with Crippen molar-refractivity contribution in [3.63, 3.8) is 0 Å². The summed E-state index contributed by atoms with van der Waals surface area (Å²) in [6, 6.07) is 8.75. The van der Waals surface area contributed by atoms with Crippen LogP contribution >= 0.6 is 11.6 Å². The van der Waals surface area contributed by atoms with Crippen molar-refractivity contribution in [1.82, 2.24) is 5.01 Å². The molecule has 0 saturated heterocycles. The predicted octanol–water partition coefficient (Wildman–Crippen LogP) is 5.43. The molecule has 34 heavy (non-hydrogen) atoms. The predicted molar refractivity (Wildman–Crippen MR) is 107 cm³/mol. The van der Waals surface area contributed by atoms with Gasteiger partial charge in [0.25, 0.3) is 5.91 Å². The number of ether oxygens (including phenoxy) is 1. The molecule has 184 valence electrons. The first-order chi connectivity index (χ1) is 15.6. The number of hydrogen-bond donors (Lipinski definition) is 1. The van der Waals surface area contributed by atoms with E-state index in [1.165, 1.54) is 43.5 Å². The lowest BCUT2D eigenvalue weighted by atomic mass is 9.91. The third-order valence-electron chi connectivity index (χ3n) is 5.21. The van der Waals surface area contributed by atoms with Gasteiger partial charge in [-0.25, -0.2) is 0 Å². The van der Waals surface area contributed by atoms with Crippen LogP contribution in [-0.2, 0) is 0 Å². The van der Waals surface area contributed by atoms with Crippen molar-refractivity contribution < 1.29 is 45.4 Å². The molecule has 3 rings (SSSR count). The fourth-order valence-electron chi connectivity index (χ4n) is 3.28. The molecule has 2 aromatic rings. The normalized spacial score (nSPS) is 19.3. The second kappa shape index (κ2) is 8.42. The van der Waals surface area contributed by atoms with Crippen LogP contribution in [0.25, 0.3) is 0 Å². The highest BCUT2D eigenvalue weighted by molar-refractivity contribution is 6.34. The van der Waals surface area contributed by atoms with E-state index in [0.29, 0.717) is 11.3 Å². The molecule has 0 aliphatic carbocycles. The van der Waals surface area contributed by atoms with Crippen molar-refractivity contribution in [3.8, 4) is 5.75 Å². The molecule has 1 aliphatic heterocycles. The number of hydrogen-bond acceptors (Lipinski definition) is 4. The molecule has 5 nitrogen and oxygen atoms in total. The highest BCUT2D eigenvalue weighted by Crippen LogP contribution is 2.55. The maximum absolute atomic E-state index is 14.8. The summed E-state index contributed by atoms with van der Waals surface area (Å²) in [7, 11) is 1.33. The van der Waals surface area contributed by atoms with Crippen LogP contribution in [-0.4, -0.2) is 52.6 Å². The third kappa shape index (κ3) is 3.98. The number of aryl methyl sites for hydroxylation is 1. The summed E-state index contributed by atoms with van der Waals surface area (Å²) in [4.78, 5) is 13.0. The van der Waals surface area contributed by atoms with Crippen molar-refractivity contribution in [1.29, 1.82) is 0 Å².